The summed E-state index contributed by atoms with van der Waals surface area (Å²) in [6.45, 7) is 0. The third-order valence-electron chi connectivity index (χ3n) is 2.79. The van der Waals surface area contributed by atoms with Gasteiger partial charge in [-0.05, 0) is 12.8 Å². The largest absolute Gasteiger partial charge is 0.295 e. The highest BCUT2D eigenvalue weighted by molar-refractivity contribution is 7.15. The van der Waals surface area contributed by atoms with Gasteiger partial charge in [0.15, 0.2) is 5.69 Å². The molecule has 2 heterocycles. The highest BCUT2D eigenvalue weighted by Crippen LogP contribution is 2.42. The molecule has 10 heteroatoms. The smallest absolute Gasteiger partial charge is 0.277 e. The Hall–Kier alpha value is -0.660. The summed E-state index contributed by atoms with van der Waals surface area (Å²) in [6, 6.07) is 0. The number of carbonyl (C=O) groups is 1. The summed E-state index contributed by atoms with van der Waals surface area (Å²) in [5.41, 5.74) is -0.112. The summed E-state index contributed by atoms with van der Waals surface area (Å²) in [5.74, 6) is -0.103. The minimum absolute atomic E-state index is 0.00631. The third kappa shape index (κ3) is 3.10. The molecule has 2 aromatic rings. The Morgan fingerprint density at radius 1 is 1.10 bits per heavy atom. The molecule has 1 amide bonds. The van der Waals surface area contributed by atoms with E-state index in [4.69, 9.17) is 46.4 Å². The molecule has 1 N–H and O–H groups in total. The molecular weight excluding hydrogens is 378 g/mol. The predicted octanol–water partition coefficient (Wildman–Crippen LogP) is 4.68. The average molecular weight is 384 g/mol. The first-order chi connectivity index (χ1) is 9.97. The van der Waals surface area contributed by atoms with Crippen LogP contribution in [0.1, 0.15) is 34.3 Å². The molecule has 0 atom stereocenters. The van der Waals surface area contributed by atoms with Gasteiger partial charge in [0.05, 0.1) is 15.1 Å². The first-order valence-corrected chi connectivity index (χ1v) is 8.15. The monoisotopic (exact) mass is 382 g/mol. The lowest BCUT2D eigenvalue weighted by Gasteiger charge is -2.07. The Bertz CT molecular complexity index is 731. The van der Waals surface area contributed by atoms with Gasteiger partial charge in [0.25, 0.3) is 5.91 Å². The van der Waals surface area contributed by atoms with Crippen molar-refractivity contribution in [1.82, 2.24) is 15.2 Å². The summed E-state index contributed by atoms with van der Waals surface area (Å²) < 4.78 is 0. The van der Waals surface area contributed by atoms with E-state index in [2.05, 4.69) is 20.5 Å². The number of hydrogen-bond donors (Lipinski definition) is 1. The first kappa shape index (κ1) is 15.2. The Morgan fingerprint density at radius 2 is 1.81 bits per heavy atom. The van der Waals surface area contributed by atoms with Crippen LogP contribution in [0.15, 0.2) is 0 Å². The van der Waals surface area contributed by atoms with Crippen LogP contribution in [0.3, 0.4) is 0 Å². The van der Waals surface area contributed by atoms with Crippen LogP contribution in [0.25, 0.3) is 0 Å². The number of pyridine rings is 1. The van der Waals surface area contributed by atoms with Gasteiger partial charge in [-0.2, -0.15) is 0 Å². The third-order valence-corrected chi connectivity index (χ3v) is 5.47. The molecule has 1 saturated carbocycles. The van der Waals surface area contributed by atoms with E-state index in [9.17, 15) is 4.79 Å². The van der Waals surface area contributed by atoms with Crippen molar-refractivity contribution in [3.8, 4) is 0 Å². The molecule has 0 spiro atoms. The molecule has 110 valence electrons. The number of rotatable bonds is 3. The van der Waals surface area contributed by atoms with Crippen molar-refractivity contribution in [2.45, 2.75) is 18.8 Å². The van der Waals surface area contributed by atoms with Crippen molar-refractivity contribution in [3.05, 3.63) is 30.9 Å². The van der Waals surface area contributed by atoms with E-state index in [1.165, 1.54) is 11.3 Å². The Morgan fingerprint density at radius 3 is 2.48 bits per heavy atom. The molecule has 3 rings (SSSR count). The van der Waals surface area contributed by atoms with Crippen molar-refractivity contribution >= 4 is 68.8 Å². The molecule has 0 radical (unpaired) electrons. The number of carbonyl (C=O) groups excluding carboxylic acids is 1. The summed E-state index contributed by atoms with van der Waals surface area (Å²) in [7, 11) is 0. The molecule has 0 bridgehead atoms. The van der Waals surface area contributed by atoms with E-state index in [-0.39, 0.29) is 25.9 Å². The molecule has 21 heavy (non-hydrogen) atoms. The zero-order chi connectivity index (χ0) is 15.1. The van der Waals surface area contributed by atoms with Gasteiger partial charge in [-0.3, -0.25) is 10.1 Å². The van der Waals surface area contributed by atoms with E-state index in [1.807, 2.05) is 0 Å². The minimum atomic E-state index is -0.570. The van der Waals surface area contributed by atoms with Crippen molar-refractivity contribution in [3.63, 3.8) is 0 Å². The summed E-state index contributed by atoms with van der Waals surface area (Å²) in [6.07, 6.45) is 2.22. The standard InChI is InChI=1S/C11H6Cl4N4OS/c12-4-5(13)7(16-8(15)6(4)14)9(20)17-11-19-18-10(21-11)3-1-2-3/h3H,1-2H2,(H,17,19,20). The number of aromatic nitrogens is 3. The van der Waals surface area contributed by atoms with Crippen molar-refractivity contribution in [2.75, 3.05) is 5.32 Å². The lowest BCUT2D eigenvalue weighted by molar-refractivity contribution is 0.102. The fraction of sp³-hybridized carbons (Fsp3) is 0.273. The van der Waals surface area contributed by atoms with Gasteiger partial charge < -0.3 is 0 Å². The maximum atomic E-state index is 12.2. The minimum Gasteiger partial charge on any atom is -0.295 e. The highest BCUT2D eigenvalue weighted by Gasteiger charge is 2.28. The maximum absolute atomic E-state index is 12.2. The van der Waals surface area contributed by atoms with E-state index in [1.54, 1.807) is 0 Å². The second kappa shape index (κ2) is 5.85. The normalized spacial score (nSPS) is 14.3. The fourth-order valence-corrected chi connectivity index (χ4v) is 3.30. The quantitative estimate of drug-likeness (QED) is 0.781. The van der Waals surface area contributed by atoms with Gasteiger partial charge in [0, 0.05) is 5.92 Å². The Labute approximate surface area is 143 Å². The van der Waals surface area contributed by atoms with Crippen LogP contribution >= 0.6 is 57.7 Å². The second-order valence-corrected chi connectivity index (χ2v) is 6.87. The molecule has 0 aliphatic heterocycles. The summed E-state index contributed by atoms with van der Waals surface area (Å²) in [5, 5.41) is 11.6. The average Bonchev–Trinajstić information content (AvgIpc) is 3.21. The highest BCUT2D eigenvalue weighted by atomic mass is 35.5. The SMILES string of the molecule is O=C(Nc1nnc(C2CC2)s1)c1nc(Cl)c(Cl)c(Cl)c1Cl. The zero-order valence-electron chi connectivity index (χ0n) is 10.2. The summed E-state index contributed by atoms with van der Waals surface area (Å²) >= 11 is 24.8. The van der Waals surface area contributed by atoms with Gasteiger partial charge in [0.2, 0.25) is 5.13 Å². The van der Waals surface area contributed by atoms with E-state index >= 15 is 0 Å². The van der Waals surface area contributed by atoms with Crippen LogP contribution < -0.4 is 5.32 Å². The lowest BCUT2D eigenvalue weighted by atomic mass is 10.3. The predicted molar refractivity (Wildman–Crippen MR) is 84.1 cm³/mol. The van der Waals surface area contributed by atoms with E-state index in [0.717, 1.165) is 17.8 Å². The van der Waals surface area contributed by atoms with Gasteiger partial charge >= 0.3 is 0 Å². The first-order valence-electron chi connectivity index (χ1n) is 5.82. The number of anilines is 1. The Kier molecular flexibility index (Phi) is 4.25. The van der Waals surface area contributed by atoms with Crippen LogP contribution in [0.4, 0.5) is 5.13 Å². The number of nitrogens with zero attached hydrogens (tertiary/aromatic N) is 3. The van der Waals surface area contributed by atoms with Gasteiger partial charge in [-0.15, -0.1) is 10.2 Å². The molecule has 2 aromatic heterocycles. The topological polar surface area (TPSA) is 67.8 Å². The van der Waals surface area contributed by atoms with E-state index in [0.29, 0.717) is 11.0 Å². The van der Waals surface area contributed by atoms with Crippen LogP contribution in [-0.2, 0) is 0 Å². The number of amides is 1. The summed E-state index contributed by atoms with van der Waals surface area (Å²) in [4.78, 5) is 16.0. The van der Waals surface area contributed by atoms with Crippen molar-refractivity contribution in [2.24, 2.45) is 0 Å². The fourth-order valence-electron chi connectivity index (χ4n) is 1.57. The van der Waals surface area contributed by atoms with Gasteiger partial charge in [-0.1, -0.05) is 57.7 Å². The van der Waals surface area contributed by atoms with Crippen LogP contribution in [0.2, 0.25) is 20.2 Å². The molecule has 5 nitrogen and oxygen atoms in total. The molecular formula is C11H6Cl4N4OS. The zero-order valence-corrected chi connectivity index (χ0v) is 14.0. The molecule has 1 aliphatic carbocycles. The number of nitrogens with one attached hydrogen (secondary N) is 1. The van der Waals surface area contributed by atoms with Crippen LogP contribution in [0, 0.1) is 0 Å². The lowest BCUT2D eigenvalue weighted by Crippen LogP contribution is -2.14. The van der Waals surface area contributed by atoms with Crippen LogP contribution in [0.5, 0.6) is 0 Å². The molecule has 0 unspecified atom stereocenters. The molecule has 1 fully saturated rings. The molecule has 0 aromatic carbocycles. The molecule has 0 saturated heterocycles. The number of hydrogen-bond acceptors (Lipinski definition) is 5. The second-order valence-electron chi connectivity index (χ2n) is 4.37. The Balaban J connectivity index is 1.84. The number of halogens is 4. The van der Waals surface area contributed by atoms with Crippen LogP contribution in [-0.4, -0.2) is 21.1 Å². The maximum Gasteiger partial charge on any atom is 0.277 e. The molecule has 1 aliphatic rings. The van der Waals surface area contributed by atoms with Gasteiger partial charge in [0.1, 0.15) is 10.2 Å². The van der Waals surface area contributed by atoms with Gasteiger partial charge in [-0.25, -0.2) is 4.98 Å². The van der Waals surface area contributed by atoms with E-state index < -0.39 is 5.91 Å². The van der Waals surface area contributed by atoms with Crippen molar-refractivity contribution < 1.29 is 4.79 Å². The van der Waals surface area contributed by atoms with Crippen molar-refractivity contribution in [1.29, 1.82) is 0 Å².